The van der Waals surface area contributed by atoms with Gasteiger partial charge in [-0.3, -0.25) is 4.79 Å². The van der Waals surface area contributed by atoms with E-state index < -0.39 is 15.9 Å². The Morgan fingerprint density at radius 3 is 2.28 bits per heavy atom. The molecular weight excluding hydrogens is 396 g/mol. The third kappa shape index (κ3) is 5.77. The Kier molecular flexibility index (Phi) is 6.91. The summed E-state index contributed by atoms with van der Waals surface area (Å²) >= 11 is 0. The quantitative estimate of drug-likeness (QED) is 0.252. The number of hydrogen-bond acceptors (Lipinski definition) is 8. The highest BCUT2D eigenvalue weighted by Gasteiger charge is 2.12. The largest absolute Gasteiger partial charge is 0.494 e. The maximum absolute atomic E-state index is 11.3. The maximum Gasteiger partial charge on any atom is 0.248 e. The van der Waals surface area contributed by atoms with E-state index in [4.69, 9.17) is 27.1 Å². The molecule has 0 fully saturated rings. The zero-order chi connectivity index (χ0) is 21.6. The van der Waals surface area contributed by atoms with Gasteiger partial charge in [-0.1, -0.05) is 12.2 Å². The lowest BCUT2D eigenvalue weighted by atomic mass is 10.1. The lowest BCUT2D eigenvalue weighted by Crippen LogP contribution is -2.13. The molecule has 29 heavy (non-hydrogen) atoms. The van der Waals surface area contributed by atoms with Gasteiger partial charge in [0.05, 0.1) is 29.1 Å². The number of nitrogen functional groups attached to an aromatic ring is 2. The summed E-state index contributed by atoms with van der Waals surface area (Å²) in [7, 11) is -2.33. The smallest absolute Gasteiger partial charge is 0.248 e. The number of amides is 1. The van der Waals surface area contributed by atoms with Crippen LogP contribution in [0.15, 0.2) is 47.4 Å². The van der Waals surface area contributed by atoms with Crippen LogP contribution in [0, 0.1) is 0 Å². The van der Waals surface area contributed by atoms with Gasteiger partial charge >= 0.3 is 0 Å². The van der Waals surface area contributed by atoms with Crippen LogP contribution in [-0.2, 0) is 10.0 Å². The molecule has 0 aromatic heterocycles. The van der Waals surface area contributed by atoms with Gasteiger partial charge in [0.15, 0.2) is 0 Å². The van der Waals surface area contributed by atoms with Gasteiger partial charge in [-0.2, -0.15) is 0 Å². The maximum atomic E-state index is 11.3. The van der Waals surface area contributed by atoms with Crippen LogP contribution in [0.2, 0.25) is 0 Å². The van der Waals surface area contributed by atoms with Crippen molar-refractivity contribution >= 4 is 38.7 Å². The first-order valence-corrected chi connectivity index (χ1v) is 10.0. The van der Waals surface area contributed by atoms with E-state index in [1.807, 2.05) is 12.2 Å². The summed E-state index contributed by atoms with van der Waals surface area (Å²) in [5.74, 6) is -0.183. The van der Waals surface area contributed by atoms with Gasteiger partial charge in [0, 0.05) is 18.7 Å². The molecule has 0 unspecified atom stereocenters. The molecule has 10 nitrogen and oxygen atoms in total. The zero-order valence-corrected chi connectivity index (χ0v) is 16.6. The van der Waals surface area contributed by atoms with Crippen LogP contribution in [0.3, 0.4) is 0 Å². The second kappa shape index (κ2) is 9.17. The molecule has 0 saturated carbocycles. The molecule has 0 aliphatic carbocycles. The molecule has 0 bridgehead atoms. The molecule has 10 N–H and O–H groups in total. The van der Waals surface area contributed by atoms with Crippen molar-refractivity contribution in [1.82, 2.24) is 0 Å². The Hall–Kier alpha value is -3.44. The molecule has 0 heterocycles. The molecule has 0 spiro atoms. The van der Waals surface area contributed by atoms with Crippen molar-refractivity contribution < 1.29 is 17.9 Å². The number of anilines is 4. The number of primary sulfonamides is 1. The Bertz CT molecular complexity index is 1040. The number of primary amides is 1. The van der Waals surface area contributed by atoms with Crippen LogP contribution < -0.4 is 37.7 Å². The van der Waals surface area contributed by atoms with Gasteiger partial charge < -0.3 is 32.6 Å². The summed E-state index contributed by atoms with van der Waals surface area (Å²) in [5, 5.41) is 11.2. The monoisotopic (exact) mass is 420 g/mol. The Morgan fingerprint density at radius 2 is 1.72 bits per heavy atom. The Labute approximate surface area is 168 Å². The van der Waals surface area contributed by atoms with E-state index in [9.17, 15) is 13.2 Å². The van der Waals surface area contributed by atoms with Gasteiger partial charge in [-0.25, -0.2) is 13.6 Å². The van der Waals surface area contributed by atoms with Crippen LogP contribution in [0.5, 0.6) is 5.75 Å². The van der Waals surface area contributed by atoms with Crippen molar-refractivity contribution in [1.29, 1.82) is 0 Å². The normalized spacial score (nSPS) is 11.4. The number of methoxy groups -OCH3 is 1. The predicted molar refractivity (Wildman–Crippen MR) is 114 cm³/mol. The molecule has 0 aliphatic heterocycles. The average Bonchev–Trinajstić information content (AvgIpc) is 2.65. The van der Waals surface area contributed by atoms with Gasteiger partial charge in [-0.05, 0) is 30.3 Å². The number of hydrogen-bond donors (Lipinski definition) is 6. The molecular formula is C18H24N6O4S. The molecule has 11 heteroatoms. The van der Waals surface area contributed by atoms with Gasteiger partial charge in [0.1, 0.15) is 11.4 Å². The summed E-state index contributed by atoms with van der Waals surface area (Å²) in [6, 6.07) is 7.22. The molecule has 2 aromatic carbocycles. The first-order chi connectivity index (χ1) is 13.6. The summed E-state index contributed by atoms with van der Waals surface area (Å²) in [4.78, 5) is 11.3. The number of carbonyl (C=O) groups excluding carboxylic acids is 1. The van der Waals surface area contributed by atoms with Crippen molar-refractivity contribution in [2.75, 3.05) is 42.3 Å². The Morgan fingerprint density at radius 1 is 1.07 bits per heavy atom. The third-order valence-electron chi connectivity index (χ3n) is 3.96. The molecule has 0 radical (unpaired) electrons. The lowest BCUT2D eigenvalue weighted by Gasteiger charge is -2.14. The number of nitrogens with one attached hydrogen (secondary N) is 2. The van der Waals surface area contributed by atoms with E-state index in [0.29, 0.717) is 35.9 Å². The third-order valence-corrected chi connectivity index (χ3v) is 4.87. The van der Waals surface area contributed by atoms with E-state index in [-0.39, 0.29) is 16.1 Å². The van der Waals surface area contributed by atoms with E-state index >= 15 is 0 Å². The van der Waals surface area contributed by atoms with Gasteiger partial charge in [-0.15, -0.1) is 0 Å². The van der Waals surface area contributed by atoms with Crippen molar-refractivity contribution in [2.24, 2.45) is 10.9 Å². The predicted octanol–water partition coefficient (Wildman–Crippen LogP) is 0.686. The lowest BCUT2D eigenvalue weighted by molar-refractivity contribution is 0.1000. The fraction of sp³-hybridized carbons (Fsp3) is 0.167. The van der Waals surface area contributed by atoms with Crippen molar-refractivity contribution in [3.05, 3.63) is 48.0 Å². The van der Waals surface area contributed by atoms with Crippen LogP contribution in [0.4, 0.5) is 22.7 Å². The molecule has 2 aromatic rings. The second-order valence-corrected chi connectivity index (χ2v) is 7.60. The number of nitrogens with two attached hydrogens (primary N) is 4. The van der Waals surface area contributed by atoms with Crippen LogP contribution in [0.25, 0.3) is 0 Å². The highest BCUT2D eigenvalue weighted by atomic mass is 32.2. The number of ether oxygens (including phenoxy) is 1. The second-order valence-electron chi connectivity index (χ2n) is 6.03. The molecule has 0 aliphatic rings. The van der Waals surface area contributed by atoms with Crippen LogP contribution in [-0.4, -0.2) is 34.5 Å². The number of rotatable bonds is 9. The number of carbonyl (C=O) groups is 1. The topological polar surface area (TPSA) is 189 Å². The van der Waals surface area contributed by atoms with Gasteiger partial charge in [0.25, 0.3) is 0 Å². The zero-order valence-electron chi connectivity index (χ0n) is 15.8. The van der Waals surface area contributed by atoms with Crippen molar-refractivity contribution in [3.8, 4) is 5.75 Å². The highest BCUT2D eigenvalue weighted by Crippen LogP contribution is 2.32. The summed E-state index contributed by atoms with van der Waals surface area (Å²) < 4.78 is 27.9. The van der Waals surface area contributed by atoms with Crippen molar-refractivity contribution in [3.63, 3.8) is 0 Å². The minimum absolute atomic E-state index is 0.0471. The molecule has 1 amide bonds. The minimum Gasteiger partial charge on any atom is -0.494 e. The van der Waals surface area contributed by atoms with Crippen LogP contribution in [0.1, 0.15) is 10.4 Å². The molecule has 156 valence electrons. The van der Waals surface area contributed by atoms with E-state index in [1.54, 1.807) is 6.07 Å². The highest BCUT2D eigenvalue weighted by molar-refractivity contribution is 7.89. The van der Waals surface area contributed by atoms with Crippen molar-refractivity contribution in [2.45, 2.75) is 4.90 Å². The average molecular weight is 420 g/mol. The molecule has 0 atom stereocenters. The SMILES string of the molecule is COc1cc(C(N)=O)cc(N)c1NC/C=C/CNc1ccc(S(N)(=O)=O)cc1N. The standard InChI is InChI=1S/C18H24N6O4S/c1-28-16-9-11(18(21)25)8-14(20)17(16)24-7-3-2-6-23-15-5-4-12(10-13(15)19)29(22,26)27/h2-5,8-10,23-24H,6-7,19-20H2,1H3,(H2,21,25)(H2,22,26,27)/b3-2+. The fourth-order valence-electron chi connectivity index (χ4n) is 2.50. The van der Waals surface area contributed by atoms with Gasteiger partial charge in [0.2, 0.25) is 15.9 Å². The fourth-order valence-corrected chi connectivity index (χ4v) is 3.05. The number of sulfonamides is 1. The van der Waals surface area contributed by atoms with E-state index in [2.05, 4.69) is 10.6 Å². The number of benzene rings is 2. The summed E-state index contributed by atoms with van der Waals surface area (Å²) in [6.07, 6.45) is 3.70. The Balaban J connectivity index is 1.93. The first-order valence-electron chi connectivity index (χ1n) is 8.46. The molecule has 0 saturated heterocycles. The van der Waals surface area contributed by atoms with E-state index in [0.717, 1.165) is 0 Å². The minimum atomic E-state index is -3.79. The van der Waals surface area contributed by atoms with E-state index in [1.165, 1.54) is 31.4 Å². The van der Waals surface area contributed by atoms with Crippen LogP contribution >= 0.6 is 0 Å². The molecule has 2 rings (SSSR count). The summed E-state index contributed by atoms with van der Waals surface area (Å²) in [6.45, 7) is 0.895. The summed E-state index contributed by atoms with van der Waals surface area (Å²) in [5.41, 5.74) is 19.1. The first kappa shape index (κ1) is 21.9.